The lowest BCUT2D eigenvalue weighted by atomic mass is 9.78. The molecule has 2 fully saturated rings. The van der Waals surface area contributed by atoms with E-state index >= 15 is 0 Å². The molecular weight excluding hydrogens is 307 g/mol. The minimum absolute atomic E-state index is 0.132. The van der Waals surface area contributed by atoms with E-state index in [1.807, 2.05) is 0 Å². The molecule has 0 atom stereocenters. The van der Waals surface area contributed by atoms with Crippen molar-refractivity contribution in [1.29, 1.82) is 0 Å². The molecular formula is C16H20F3N3O. The number of hydrogen-bond acceptors (Lipinski definition) is 3. The van der Waals surface area contributed by atoms with E-state index in [-0.39, 0.29) is 17.2 Å². The Hall–Kier alpha value is -1.63. The Morgan fingerprint density at radius 1 is 1.26 bits per heavy atom. The molecule has 1 amide bonds. The Bertz CT molecular complexity index is 599. The van der Waals surface area contributed by atoms with Gasteiger partial charge in [0.15, 0.2) is 0 Å². The van der Waals surface area contributed by atoms with Crippen LogP contribution >= 0.6 is 0 Å². The summed E-state index contributed by atoms with van der Waals surface area (Å²) in [5.74, 6) is -0.218. The van der Waals surface area contributed by atoms with Crippen molar-refractivity contribution in [3.63, 3.8) is 0 Å². The van der Waals surface area contributed by atoms with Crippen LogP contribution in [0.15, 0.2) is 12.1 Å². The smallest absolute Gasteiger partial charge is 0.339 e. The fourth-order valence-electron chi connectivity index (χ4n) is 3.52. The zero-order valence-electron chi connectivity index (χ0n) is 13.0. The number of alkyl halides is 3. The second-order valence-corrected chi connectivity index (χ2v) is 6.55. The summed E-state index contributed by atoms with van der Waals surface area (Å²) < 4.78 is 38.0. The van der Waals surface area contributed by atoms with Gasteiger partial charge in [-0.1, -0.05) is 0 Å². The van der Waals surface area contributed by atoms with Crippen LogP contribution in [-0.2, 0) is 6.18 Å². The molecule has 0 saturated carbocycles. The van der Waals surface area contributed by atoms with Crippen LogP contribution in [0, 0.1) is 12.3 Å². The number of likely N-dealkylation sites (tertiary alicyclic amines) is 1. The molecule has 1 aromatic rings. The normalized spacial score (nSPS) is 21.0. The highest BCUT2D eigenvalue weighted by Gasteiger charge is 2.39. The van der Waals surface area contributed by atoms with Crippen molar-refractivity contribution in [2.45, 2.75) is 32.4 Å². The molecule has 2 aliphatic heterocycles. The van der Waals surface area contributed by atoms with Gasteiger partial charge >= 0.3 is 6.18 Å². The summed E-state index contributed by atoms with van der Waals surface area (Å²) in [5.41, 5.74) is -0.267. The maximum atomic E-state index is 12.7. The number of halogens is 3. The molecule has 1 spiro atoms. The number of hydrogen-bond donors (Lipinski definition) is 1. The fourth-order valence-corrected chi connectivity index (χ4v) is 3.52. The molecule has 3 rings (SSSR count). The molecule has 0 radical (unpaired) electrons. The summed E-state index contributed by atoms with van der Waals surface area (Å²) in [5, 5.41) is 3.37. The van der Waals surface area contributed by atoms with Crippen LogP contribution < -0.4 is 5.32 Å². The van der Waals surface area contributed by atoms with Crippen molar-refractivity contribution in [1.82, 2.24) is 15.2 Å². The van der Waals surface area contributed by atoms with Gasteiger partial charge in [-0.3, -0.25) is 4.79 Å². The zero-order chi connectivity index (χ0) is 16.7. The lowest BCUT2D eigenvalue weighted by Crippen LogP contribution is -2.44. The highest BCUT2D eigenvalue weighted by Crippen LogP contribution is 2.37. The van der Waals surface area contributed by atoms with E-state index in [0.717, 1.165) is 38.4 Å². The van der Waals surface area contributed by atoms with Crippen LogP contribution in [0.25, 0.3) is 0 Å². The zero-order valence-corrected chi connectivity index (χ0v) is 13.0. The Balaban J connectivity index is 1.71. The van der Waals surface area contributed by atoms with E-state index in [4.69, 9.17) is 0 Å². The SMILES string of the molecule is Cc1nc(C(F)(F)F)ccc1C(=O)N1CCC2(CCNC2)CC1. The molecule has 1 N–H and O–H groups in total. The maximum Gasteiger partial charge on any atom is 0.433 e. The Morgan fingerprint density at radius 3 is 2.48 bits per heavy atom. The van der Waals surface area contributed by atoms with Crippen LogP contribution in [0.3, 0.4) is 0 Å². The van der Waals surface area contributed by atoms with Crippen LogP contribution in [-0.4, -0.2) is 42.0 Å². The van der Waals surface area contributed by atoms with Crippen LogP contribution in [0.5, 0.6) is 0 Å². The Morgan fingerprint density at radius 2 is 1.96 bits per heavy atom. The number of carbonyl (C=O) groups is 1. The predicted octanol–water partition coefficient (Wildman–Crippen LogP) is 2.62. The van der Waals surface area contributed by atoms with E-state index in [0.29, 0.717) is 18.5 Å². The van der Waals surface area contributed by atoms with E-state index in [9.17, 15) is 18.0 Å². The molecule has 7 heteroatoms. The van der Waals surface area contributed by atoms with Gasteiger partial charge in [0, 0.05) is 19.6 Å². The van der Waals surface area contributed by atoms with Gasteiger partial charge in [-0.25, -0.2) is 4.98 Å². The number of amides is 1. The minimum atomic E-state index is -4.49. The molecule has 4 nitrogen and oxygen atoms in total. The lowest BCUT2D eigenvalue weighted by molar-refractivity contribution is -0.141. The summed E-state index contributed by atoms with van der Waals surface area (Å²) in [6.07, 6.45) is -1.47. The third kappa shape index (κ3) is 3.20. The monoisotopic (exact) mass is 327 g/mol. The van der Waals surface area contributed by atoms with Crippen LogP contribution in [0.1, 0.15) is 41.0 Å². The van der Waals surface area contributed by atoms with Crippen molar-refractivity contribution in [2.24, 2.45) is 5.41 Å². The summed E-state index contributed by atoms with van der Waals surface area (Å²) in [7, 11) is 0. The van der Waals surface area contributed by atoms with Gasteiger partial charge in [-0.05, 0) is 50.3 Å². The van der Waals surface area contributed by atoms with E-state index in [1.165, 1.54) is 13.0 Å². The fraction of sp³-hybridized carbons (Fsp3) is 0.625. The average Bonchev–Trinajstić information content (AvgIpc) is 2.94. The van der Waals surface area contributed by atoms with Gasteiger partial charge in [-0.2, -0.15) is 13.2 Å². The number of aromatic nitrogens is 1. The third-order valence-corrected chi connectivity index (χ3v) is 5.05. The average molecular weight is 327 g/mol. The molecule has 0 aromatic carbocycles. The Labute approximate surface area is 133 Å². The van der Waals surface area contributed by atoms with Gasteiger partial charge in [0.1, 0.15) is 5.69 Å². The molecule has 2 aliphatic rings. The molecule has 0 aliphatic carbocycles. The van der Waals surface area contributed by atoms with Gasteiger partial charge < -0.3 is 10.2 Å². The Kier molecular flexibility index (Phi) is 4.08. The van der Waals surface area contributed by atoms with Crippen molar-refractivity contribution < 1.29 is 18.0 Å². The molecule has 2 saturated heterocycles. The number of nitrogens with one attached hydrogen (secondary N) is 1. The molecule has 23 heavy (non-hydrogen) atoms. The summed E-state index contributed by atoms with van der Waals surface area (Å²) in [6, 6.07) is 2.13. The largest absolute Gasteiger partial charge is 0.433 e. The molecule has 3 heterocycles. The number of nitrogens with zero attached hydrogens (tertiary/aromatic N) is 2. The van der Waals surface area contributed by atoms with E-state index in [1.54, 1.807) is 4.90 Å². The van der Waals surface area contributed by atoms with Gasteiger partial charge in [0.05, 0.1) is 11.3 Å². The molecule has 126 valence electrons. The first-order valence-electron chi connectivity index (χ1n) is 7.86. The number of aryl methyl sites for hydroxylation is 1. The third-order valence-electron chi connectivity index (χ3n) is 5.05. The first kappa shape index (κ1) is 16.2. The van der Waals surface area contributed by atoms with E-state index < -0.39 is 11.9 Å². The quantitative estimate of drug-likeness (QED) is 0.862. The lowest BCUT2D eigenvalue weighted by Gasteiger charge is -2.39. The summed E-state index contributed by atoms with van der Waals surface area (Å²) >= 11 is 0. The summed E-state index contributed by atoms with van der Waals surface area (Å²) in [6.45, 7) is 4.78. The number of pyridine rings is 1. The minimum Gasteiger partial charge on any atom is -0.339 e. The number of rotatable bonds is 1. The van der Waals surface area contributed by atoms with Crippen molar-refractivity contribution in [2.75, 3.05) is 26.2 Å². The first-order chi connectivity index (χ1) is 10.8. The van der Waals surface area contributed by atoms with Gasteiger partial charge in [0.2, 0.25) is 0 Å². The van der Waals surface area contributed by atoms with Gasteiger partial charge in [0.25, 0.3) is 5.91 Å². The number of carbonyl (C=O) groups excluding carboxylic acids is 1. The highest BCUT2D eigenvalue weighted by molar-refractivity contribution is 5.95. The highest BCUT2D eigenvalue weighted by atomic mass is 19.4. The second-order valence-electron chi connectivity index (χ2n) is 6.55. The van der Waals surface area contributed by atoms with Crippen molar-refractivity contribution in [3.05, 3.63) is 29.1 Å². The topological polar surface area (TPSA) is 45.2 Å². The molecule has 0 bridgehead atoms. The van der Waals surface area contributed by atoms with Crippen LogP contribution in [0.2, 0.25) is 0 Å². The second kappa shape index (κ2) is 5.78. The number of piperidine rings is 1. The van der Waals surface area contributed by atoms with E-state index in [2.05, 4.69) is 10.3 Å². The maximum absolute atomic E-state index is 12.7. The predicted molar refractivity (Wildman–Crippen MR) is 79.0 cm³/mol. The van der Waals surface area contributed by atoms with Crippen molar-refractivity contribution >= 4 is 5.91 Å². The molecule has 0 unspecified atom stereocenters. The summed E-state index contributed by atoms with van der Waals surface area (Å²) in [4.78, 5) is 17.9. The standard InChI is InChI=1S/C16H20F3N3O/c1-11-12(2-3-13(21-11)16(17,18)19)14(23)22-8-5-15(6-9-22)4-7-20-10-15/h2-3,20H,4-10H2,1H3. The molecule has 1 aromatic heterocycles. The van der Waals surface area contributed by atoms with Gasteiger partial charge in [-0.15, -0.1) is 0 Å². The first-order valence-corrected chi connectivity index (χ1v) is 7.86. The van der Waals surface area contributed by atoms with Crippen LogP contribution in [0.4, 0.5) is 13.2 Å². The van der Waals surface area contributed by atoms with Crippen molar-refractivity contribution in [3.8, 4) is 0 Å².